The summed E-state index contributed by atoms with van der Waals surface area (Å²) in [5.74, 6) is 0.615. The summed E-state index contributed by atoms with van der Waals surface area (Å²) >= 11 is 6.16. The Morgan fingerprint density at radius 1 is 1.38 bits per heavy atom. The summed E-state index contributed by atoms with van der Waals surface area (Å²) in [5, 5.41) is 3.40. The average molecular weight is 240 g/mol. The lowest BCUT2D eigenvalue weighted by atomic mass is 9.85. The highest BCUT2D eigenvalue weighted by molar-refractivity contribution is 6.31. The van der Waals surface area contributed by atoms with Crippen LogP contribution < -0.4 is 5.32 Å². The molecule has 3 heteroatoms. The Morgan fingerprint density at radius 2 is 2.00 bits per heavy atom. The lowest BCUT2D eigenvalue weighted by Gasteiger charge is -2.21. The number of amides is 1. The van der Waals surface area contributed by atoms with Crippen molar-refractivity contribution in [3.8, 4) is 0 Å². The molecule has 1 aromatic rings. The van der Waals surface area contributed by atoms with E-state index in [4.69, 9.17) is 11.6 Å². The number of carbonyl (C=O) groups excluding carboxylic acids is 1. The minimum atomic E-state index is 0.0543. The van der Waals surface area contributed by atoms with Crippen LogP contribution in [-0.2, 0) is 4.79 Å². The molecule has 0 saturated heterocycles. The standard InChI is InChI=1S/C13H18ClNO/c1-9(2)11(8-13(16)15-3)10-6-4-5-7-12(10)14/h4-7,9,11H,8H2,1-3H3,(H,15,16). The maximum absolute atomic E-state index is 11.5. The van der Waals surface area contributed by atoms with Crippen LogP contribution in [0.4, 0.5) is 0 Å². The fourth-order valence-corrected chi connectivity index (χ4v) is 2.06. The molecule has 0 aliphatic carbocycles. The molecule has 1 aromatic carbocycles. The maximum atomic E-state index is 11.5. The van der Waals surface area contributed by atoms with E-state index in [0.717, 1.165) is 10.6 Å². The summed E-state index contributed by atoms with van der Waals surface area (Å²) in [7, 11) is 1.66. The second-order valence-electron chi connectivity index (χ2n) is 4.25. The lowest BCUT2D eigenvalue weighted by molar-refractivity contribution is -0.121. The molecule has 0 aliphatic heterocycles. The van der Waals surface area contributed by atoms with Crippen LogP contribution in [0.5, 0.6) is 0 Å². The van der Waals surface area contributed by atoms with E-state index in [1.54, 1.807) is 7.05 Å². The van der Waals surface area contributed by atoms with E-state index < -0.39 is 0 Å². The Morgan fingerprint density at radius 3 is 2.50 bits per heavy atom. The minimum absolute atomic E-state index is 0.0543. The Bertz CT molecular complexity index is 363. The van der Waals surface area contributed by atoms with Gasteiger partial charge in [-0.25, -0.2) is 0 Å². The zero-order valence-corrected chi connectivity index (χ0v) is 10.7. The number of carbonyl (C=O) groups is 1. The van der Waals surface area contributed by atoms with Gasteiger partial charge in [-0.15, -0.1) is 0 Å². The highest BCUT2D eigenvalue weighted by Crippen LogP contribution is 2.32. The predicted molar refractivity (Wildman–Crippen MR) is 67.7 cm³/mol. The van der Waals surface area contributed by atoms with Crippen LogP contribution in [0.2, 0.25) is 5.02 Å². The molecule has 1 atom stereocenters. The van der Waals surface area contributed by atoms with Gasteiger partial charge in [0.2, 0.25) is 5.91 Å². The number of rotatable bonds is 4. The van der Waals surface area contributed by atoms with E-state index in [0.29, 0.717) is 12.3 Å². The third kappa shape index (κ3) is 3.24. The summed E-state index contributed by atoms with van der Waals surface area (Å²) in [6.07, 6.45) is 0.484. The molecule has 1 unspecified atom stereocenters. The SMILES string of the molecule is CNC(=O)CC(c1ccccc1Cl)C(C)C. The zero-order chi connectivity index (χ0) is 12.1. The number of benzene rings is 1. The van der Waals surface area contributed by atoms with E-state index in [2.05, 4.69) is 19.2 Å². The smallest absolute Gasteiger partial charge is 0.220 e. The molecule has 2 nitrogen and oxygen atoms in total. The molecule has 1 N–H and O–H groups in total. The molecule has 0 spiro atoms. The van der Waals surface area contributed by atoms with Gasteiger partial charge in [-0.1, -0.05) is 43.6 Å². The molecule has 16 heavy (non-hydrogen) atoms. The second-order valence-corrected chi connectivity index (χ2v) is 4.66. The van der Waals surface area contributed by atoms with Gasteiger partial charge in [0.25, 0.3) is 0 Å². The van der Waals surface area contributed by atoms with Crippen molar-refractivity contribution < 1.29 is 4.79 Å². The van der Waals surface area contributed by atoms with E-state index in [1.165, 1.54) is 0 Å². The van der Waals surface area contributed by atoms with Crippen molar-refractivity contribution in [2.75, 3.05) is 7.05 Å². The van der Waals surface area contributed by atoms with E-state index in [9.17, 15) is 4.79 Å². The van der Waals surface area contributed by atoms with Crippen molar-refractivity contribution in [3.63, 3.8) is 0 Å². The first-order chi connectivity index (χ1) is 7.56. The zero-order valence-electron chi connectivity index (χ0n) is 9.96. The summed E-state index contributed by atoms with van der Waals surface area (Å²) in [6.45, 7) is 4.22. The topological polar surface area (TPSA) is 29.1 Å². The summed E-state index contributed by atoms with van der Waals surface area (Å²) in [5.41, 5.74) is 1.06. The Kier molecular flexibility index (Phi) is 4.81. The van der Waals surface area contributed by atoms with Crippen molar-refractivity contribution in [2.45, 2.75) is 26.2 Å². The minimum Gasteiger partial charge on any atom is -0.359 e. The van der Waals surface area contributed by atoms with Gasteiger partial charge in [0, 0.05) is 18.5 Å². The third-order valence-electron chi connectivity index (χ3n) is 2.79. The monoisotopic (exact) mass is 239 g/mol. The van der Waals surface area contributed by atoms with Crippen molar-refractivity contribution in [1.29, 1.82) is 0 Å². The Hall–Kier alpha value is -1.02. The van der Waals surface area contributed by atoms with Gasteiger partial charge < -0.3 is 5.32 Å². The Balaban J connectivity index is 2.94. The van der Waals surface area contributed by atoms with Gasteiger partial charge in [0.1, 0.15) is 0 Å². The third-order valence-corrected chi connectivity index (χ3v) is 3.14. The molecular formula is C13H18ClNO. The van der Waals surface area contributed by atoms with Crippen molar-refractivity contribution >= 4 is 17.5 Å². The fourth-order valence-electron chi connectivity index (χ4n) is 1.78. The first-order valence-electron chi connectivity index (χ1n) is 5.51. The summed E-state index contributed by atoms with van der Waals surface area (Å²) in [6, 6.07) is 7.73. The van der Waals surface area contributed by atoms with E-state index in [-0.39, 0.29) is 11.8 Å². The van der Waals surface area contributed by atoms with Gasteiger partial charge in [-0.3, -0.25) is 4.79 Å². The quantitative estimate of drug-likeness (QED) is 0.859. The van der Waals surface area contributed by atoms with Gasteiger partial charge in [0.05, 0.1) is 0 Å². The molecule has 1 rings (SSSR count). The maximum Gasteiger partial charge on any atom is 0.220 e. The van der Waals surface area contributed by atoms with Gasteiger partial charge in [0.15, 0.2) is 0 Å². The first-order valence-corrected chi connectivity index (χ1v) is 5.89. The van der Waals surface area contributed by atoms with Gasteiger partial charge in [-0.2, -0.15) is 0 Å². The highest BCUT2D eigenvalue weighted by atomic mass is 35.5. The number of nitrogens with one attached hydrogen (secondary N) is 1. The Labute approximate surface area is 102 Å². The number of hydrogen-bond acceptors (Lipinski definition) is 1. The van der Waals surface area contributed by atoms with Crippen LogP contribution >= 0.6 is 11.6 Å². The molecule has 0 heterocycles. The van der Waals surface area contributed by atoms with Crippen LogP contribution in [0.15, 0.2) is 24.3 Å². The number of hydrogen-bond donors (Lipinski definition) is 1. The number of halogens is 1. The summed E-state index contributed by atoms with van der Waals surface area (Å²) in [4.78, 5) is 11.5. The van der Waals surface area contributed by atoms with Gasteiger partial charge in [-0.05, 0) is 23.5 Å². The molecule has 1 amide bonds. The van der Waals surface area contributed by atoms with Crippen molar-refractivity contribution in [3.05, 3.63) is 34.9 Å². The largest absolute Gasteiger partial charge is 0.359 e. The predicted octanol–water partition coefficient (Wildman–Crippen LogP) is 3.22. The van der Waals surface area contributed by atoms with Crippen LogP contribution in [0.25, 0.3) is 0 Å². The van der Waals surface area contributed by atoms with Crippen molar-refractivity contribution in [1.82, 2.24) is 5.32 Å². The van der Waals surface area contributed by atoms with Crippen molar-refractivity contribution in [2.24, 2.45) is 5.92 Å². The molecule has 0 bridgehead atoms. The fraction of sp³-hybridized carbons (Fsp3) is 0.462. The molecule has 0 radical (unpaired) electrons. The second kappa shape index (κ2) is 5.90. The highest BCUT2D eigenvalue weighted by Gasteiger charge is 2.20. The molecular weight excluding hydrogens is 222 g/mol. The van der Waals surface area contributed by atoms with Crippen LogP contribution in [0, 0.1) is 5.92 Å². The van der Waals surface area contributed by atoms with Crippen LogP contribution in [0.3, 0.4) is 0 Å². The lowest BCUT2D eigenvalue weighted by Crippen LogP contribution is -2.22. The molecule has 88 valence electrons. The average Bonchev–Trinajstić information content (AvgIpc) is 2.26. The first kappa shape index (κ1) is 13.0. The molecule has 0 aliphatic rings. The molecule has 0 aromatic heterocycles. The van der Waals surface area contributed by atoms with E-state index >= 15 is 0 Å². The van der Waals surface area contributed by atoms with Crippen LogP contribution in [-0.4, -0.2) is 13.0 Å². The van der Waals surface area contributed by atoms with Crippen LogP contribution in [0.1, 0.15) is 31.7 Å². The van der Waals surface area contributed by atoms with E-state index in [1.807, 2.05) is 24.3 Å². The summed E-state index contributed by atoms with van der Waals surface area (Å²) < 4.78 is 0. The molecule has 0 fully saturated rings. The molecule has 0 saturated carbocycles. The van der Waals surface area contributed by atoms with Gasteiger partial charge >= 0.3 is 0 Å². The normalized spacial score (nSPS) is 12.6.